The largest absolute Gasteiger partial charge is 0.352 e. The Labute approximate surface area is 199 Å². The SMILES string of the molecule is CC[C@@H](C)NC(=O)[C@@H](C)N(Cc1cccc(Cl)c1)C(=O)CCCSc1ccc(Cl)cc1. The number of nitrogens with one attached hydrogen (secondary N) is 1. The number of thioether (sulfide) groups is 1. The van der Waals surface area contributed by atoms with Gasteiger partial charge in [-0.15, -0.1) is 11.8 Å². The van der Waals surface area contributed by atoms with Crippen LogP contribution in [0.25, 0.3) is 0 Å². The molecule has 0 aromatic heterocycles. The van der Waals surface area contributed by atoms with Crippen LogP contribution < -0.4 is 5.32 Å². The molecule has 2 atom stereocenters. The van der Waals surface area contributed by atoms with Crippen LogP contribution in [0.2, 0.25) is 10.0 Å². The summed E-state index contributed by atoms with van der Waals surface area (Å²) in [4.78, 5) is 28.6. The van der Waals surface area contributed by atoms with E-state index in [1.807, 2.05) is 56.3 Å². The summed E-state index contributed by atoms with van der Waals surface area (Å²) in [5, 5.41) is 4.30. The molecule has 0 heterocycles. The molecule has 0 spiro atoms. The Bertz CT molecular complexity index is 861. The number of carbonyl (C=O) groups excluding carboxylic acids is 2. The van der Waals surface area contributed by atoms with Gasteiger partial charge in [0.25, 0.3) is 0 Å². The van der Waals surface area contributed by atoms with Crippen molar-refractivity contribution in [2.24, 2.45) is 0 Å². The Hall–Kier alpha value is -1.69. The minimum absolute atomic E-state index is 0.0384. The minimum atomic E-state index is -0.565. The summed E-state index contributed by atoms with van der Waals surface area (Å²) < 4.78 is 0. The number of rotatable bonds is 11. The van der Waals surface area contributed by atoms with E-state index in [0.717, 1.165) is 29.1 Å². The number of carbonyl (C=O) groups is 2. The molecule has 31 heavy (non-hydrogen) atoms. The summed E-state index contributed by atoms with van der Waals surface area (Å²) in [6.45, 7) is 6.10. The Morgan fingerprint density at radius 2 is 1.77 bits per heavy atom. The van der Waals surface area contributed by atoms with E-state index in [1.165, 1.54) is 0 Å². The smallest absolute Gasteiger partial charge is 0.242 e. The Morgan fingerprint density at radius 3 is 2.42 bits per heavy atom. The first-order valence-electron chi connectivity index (χ1n) is 10.5. The number of hydrogen-bond acceptors (Lipinski definition) is 3. The lowest BCUT2D eigenvalue weighted by Gasteiger charge is -2.30. The second-order valence-electron chi connectivity index (χ2n) is 7.55. The summed E-state index contributed by atoms with van der Waals surface area (Å²) in [6, 6.07) is 14.6. The van der Waals surface area contributed by atoms with Crippen molar-refractivity contribution in [3.63, 3.8) is 0 Å². The van der Waals surface area contributed by atoms with Gasteiger partial charge in [-0.2, -0.15) is 0 Å². The maximum Gasteiger partial charge on any atom is 0.242 e. The van der Waals surface area contributed by atoms with Gasteiger partial charge in [0.2, 0.25) is 11.8 Å². The fourth-order valence-electron chi connectivity index (χ4n) is 2.97. The maximum atomic E-state index is 13.1. The molecule has 0 aliphatic heterocycles. The summed E-state index contributed by atoms with van der Waals surface area (Å²) in [7, 11) is 0. The highest BCUT2D eigenvalue weighted by Gasteiger charge is 2.26. The number of halogens is 2. The van der Waals surface area contributed by atoms with Gasteiger partial charge in [-0.25, -0.2) is 0 Å². The van der Waals surface area contributed by atoms with Crippen LogP contribution in [0.5, 0.6) is 0 Å². The molecule has 0 radical (unpaired) electrons. The van der Waals surface area contributed by atoms with Gasteiger partial charge in [-0.05, 0) is 74.4 Å². The van der Waals surface area contributed by atoms with Gasteiger partial charge in [0.15, 0.2) is 0 Å². The average molecular weight is 481 g/mol. The van der Waals surface area contributed by atoms with E-state index in [1.54, 1.807) is 29.7 Å². The average Bonchev–Trinajstić information content (AvgIpc) is 2.75. The van der Waals surface area contributed by atoms with E-state index in [0.29, 0.717) is 23.0 Å². The van der Waals surface area contributed by atoms with Crippen LogP contribution in [0.1, 0.15) is 45.6 Å². The molecular weight excluding hydrogens is 451 g/mol. The molecule has 0 aliphatic rings. The van der Waals surface area contributed by atoms with Crippen molar-refractivity contribution in [3.05, 3.63) is 64.1 Å². The summed E-state index contributed by atoms with van der Waals surface area (Å²) >= 11 is 13.7. The third-order valence-corrected chi connectivity index (χ3v) is 6.61. The summed E-state index contributed by atoms with van der Waals surface area (Å²) in [6.07, 6.45) is 1.93. The molecule has 2 amide bonds. The van der Waals surface area contributed by atoms with E-state index in [9.17, 15) is 9.59 Å². The van der Waals surface area contributed by atoms with Crippen LogP contribution >= 0.6 is 35.0 Å². The molecular formula is C24H30Cl2N2O2S. The molecule has 2 rings (SSSR count). The zero-order valence-electron chi connectivity index (χ0n) is 18.2. The van der Waals surface area contributed by atoms with Crippen molar-refractivity contribution in [1.82, 2.24) is 10.2 Å². The predicted molar refractivity (Wildman–Crippen MR) is 131 cm³/mol. The van der Waals surface area contributed by atoms with Gasteiger partial charge >= 0.3 is 0 Å². The first kappa shape index (κ1) is 25.6. The van der Waals surface area contributed by atoms with E-state index in [2.05, 4.69) is 5.32 Å². The molecule has 0 unspecified atom stereocenters. The van der Waals surface area contributed by atoms with E-state index in [-0.39, 0.29) is 17.9 Å². The second kappa shape index (κ2) is 13.0. The van der Waals surface area contributed by atoms with Crippen molar-refractivity contribution in [1.29, 1.82) is 0 Å². The highest BCUT2D eigenvalue weighted by atomic mass is 35.5. The monoisotopic (exact) mass is 480 g/mol. The van der Waals surface area contributed by atoms with Gasteiger partial charge in [0, 0.05) is 33.9 Å². The van der Waals surface area contributed by atoms with Gasteiger partial charge < -0.3 is 10.2 Å². The van der Waals surface area contributed by atoms with Crippen LogP contribution in [-0.4, -0.2) is 34.6 Å². The van der Waals surface area contributed by atoms with E-state index in [4.69, 9.17) is 23.2 Å². The fourth-order valence-corrected chi connectivity index (χ4v) is 4.16. The molecule has 7 heteroatoms. The van der Waals surface area contributed by atoms with Crippen molar-refractivity contribution in [2.75, 3.05) is 5.75 Å². The number of hydrogen-bond donors (Lipinski definition) is 1. The lowest BCUT2D eigenvalue weighted by molar-refractivity contribution is -0.140. The van der Waals surface area contributed by atoms with Gasteiger partial charge in [0.1, 0.15) is 6.04 Å². The zero-order valence-corrected chi connectivity index (χ0v) is 20.6. The van der Waals surface area contributed by atoms with Gasteiger partial charge in [-0.1, -0.05) is 42.3 Å². The molecule has 0 saturated carbocycles. The molecule has 4 nitrogen and oxygen atoms in total. The van der Waals surface area contributed by atoms with Gasteiger partial charge in [0.05, 0.1) is 0 Å². The highest BCUT2D eigenvalue weighted by Crippen LogP contribution is 2.22. The van der Waals surface area contributed by atoms with E-state index < -0.39 is 6.04 Å². The third kappa shape index (κ3) is 8.76. The molecule has 0 aliphatic carbocycles. The predicted octanol–water partition coefficient (Wildman–Crippen LogP) is 6.20. The topological polar surface area (TPSA) is 49.4 Å². The summed E-state index contributed by atoms with van der Waals surface area (Å²) in [5.74, 6) is 0.634. The number of benzene rings is 2. The molecule has 168 valence electrons. The van der Waals surface area contributed by atoms with E-state index >= 15 is 0 Å². The molecule has 1 N–H and O–H groups in total. The number of amides is 2. The lowest BCUT2D eigenvalue weighted by atomic mass is 10.1. The van der Waals surface area contributed by atoms with Gasteiger partial charge in [-0.3, -0.25) is 9.59 Å². The first-order chi connectivity index (χ1) is 14.8. The maximum absolute atomic E-state index is 13.1. The lowest BCUT2D eigenvalue weighted by Crippen LogP contribution is -2.49. The number of nitrogens with zero attached hydrogens (tertiary/aromatic N) is 1. The van der Waals surface area contributed by atoms with Crippen molar-refractivity contribution >= 4 is 46.8 Å². The van der Waals surface area contributed by atoms with Crippen molar-refractivity contribution < 1.29 is 9.59 Å². The normalized spacial score (nSPS) is 12.8. The van der Waals surface area contributed by atoms with Crippen LogP contribution in [0, 0.1) is 0 Å². The Morgan fingerprint density at radius 1 is 1.06 bits per heavy atom. The zero-order chi connectivity index (χ0) is 22.8. The standard InChI is InChI=1S/C24H30Cl2N2O2S/c1-4-17(2)27-24(30)18(3)28(16-19-7-5-8-21(26)15-19)23(29)9-6-14-31-22-12-10-20(25)11-13-22/h5,7-8,10-13,15,17-18H,4,6,9,14,16H2,1-3H3,(H,27,30)/t17-,18-/m1/s1. The minimum Gasteiger partial charge on any atom is -0.352 e. The molecule has 0 saturated heterocycles. The molecule has 2 aromatic carbocycles. The molecule has 0 bridgehead atoms. The van der Waals surface area contributed by atoms with Crippen molar-refractivity contribution in [3.8, 4) is 0 Å². The first-order valence-corrected chi connectivity index (χ1v) is 12.3. The van der Waals surface area contributed by atoms with Crippen LogP contribution in [0.4, 0.5) is 0 Å². The summed E-state index contributed by atoms with van der Waals surface area (Å²) in [5.41, 5.74) is 0.902. The highest BCUT2D eigenvalue weighted by molar-refractivity contribution is 7.99. The molecule has 0 fully saturated rings. The van der Waals surface area contributed by atoms with Crippen LogP contribution in [0.3, 0.4) is 0 Å². The second-order valence-corrected chi connectivity index (χ2v) is 9.59. The molecule has 2 aromatic rings. The quantitative estimate of drug-likeness (QED) is 0.307. The fraction of sp³-hybridized carbons (Fsp3) is 0.417. The third-order valence-electron chi connectivity index (χ3n) is 5.03. The van der Waals surface area contributed by atoms with Crippen LogP contribution in [0.15, 0.2) is 53.4 Å². The Kier molecular flexibility index (Phi) is 10.7. The van der Waals surface area contributed by atoms with Crippen molar-refractivity contribution in [2.45, 2.75) is 63.6 Å². The van der Waals surface area contributed by atoms with Crippen LogP contribution in [-0.2, 0) is 16.1 Å². The Balaban J connectivity index is 2.00.